The zero-order chi connectivity index (χ0) is 14.8. The van der Waals surface area contributed by atoms with Crippen LogP contribution in [0.4, 0.5) is 0 Å². The molecule has 0 aliphatic carbocycles. The van der Waals surface area contributed by atoms with Gasteiger partial charge in [-0.2, -0.15) is 10.5 Å². The van der Waals surface area contributed by atoms with E-state index < -0.39 is 0 Å². The predicted octanol–water partition coefficient (Wildman–Crippen LogP) is 4.12. The molecule has 0 atom stereocenters. The molecule has 100 valence electrons. The molecule has 0 bridgehead atoms. The molecule has 0 saturated carbocycles. The van der Waals surface area contributed by atoms with Gasteiger partial charge in [0.25, 0.3) is 0 Å². The lowest BCUT2D eigenvalue weighted by molar-refractivity contribution is 0.405. The number of thioether (sulfide) groups is 1. The second kappa shape index (κ2) is 8.92. The third-order valence-corrected chi connectivity index (χ3v) is 3.29. The summed E-state index contributed by atoms with van der Waals surface area (Å²) in [5, 5.41) is 18.8. The van der Waals surface area contributed by atoms with Gasteiger partial charge in [0.05, 0.1) is 17.6 Å². The Hall–Kier alpha value is -2.08. The van der Waals surface area contributed by atoms with Crippen molar-refractivity contribution in [3.05, 3.63) is 54.1 Å². The number of benzene rings is 2. The number of para-hydroxylation sites is 1. The summed E-state index contributed by atoms with van der Waals surface area (Å²) in [5.74, 6) is 0.749. The van der Waals surface area contributed by atoms with Gasteiger partial charge in [-0.3, -0.25) is 0 Å². The largest absolute Gasteiger partial charge is 0.496 e. The molecule has 0 heterocycles. The van der Waals surface area contributed by atoms with Crippen LogP contribution in [0, 0.1) is 22.0 Å². The average Bonchev–Trinajstić information content (AvgIpc) is 2.49. The van der Waals surface area contributed by atoms with E-state index in [0.717, 1.165) is 27.3 Å². The van der Waals surface area contributed by atoms with Gasteiger partial charge < -0.3 is 4.74 Å². The maximum atomic E-state index is 8.42. The number of hydrogen-bond donors (Lipinski definition) is 1. The van der Waals surface area contributed by atoms with Gasteiger partial charge in [-0.25, -0.2) is 0 Å². The number of thiocyanates is 1. The zero-order valence-corrected chi connectivity index (χ0v) is 12.5. The highest BCUT2D eigenvalue weighted by molar-refractivity contribution is 8.03. The first-order valence-corrected chi connectivity index (χ1v) is 6.86. The highest BCUT2D eigenvalue weighted by Crippen LogP contribution is 2.27. The fourth-order valence-electron chi connectivity index (χ4n) is 1.32. The first-order valence-electron chi connectivity index (χ1n) is 5.60. The van der Waals surface area contributed by atoms with E-state index in [2.05, 4.69) is 12.6 Å². The summed E-state index contributed by atoms with van der Waals surface area (Å²) < 4.78 is 5.03. The lowest BCUT2D eigenvalue weighted by atomic mass is 10.2. The molecule has 0 aliphatic heterocycles. The van der Waals surface area contributed by atoms with Gasteiger partial charge in [0.2, 0.25) is 0 Å². The summed E-state index contributed by atoms with van der Waals surface area (Å²) >= 11 is 5.16. The molecule has 2 aromatic rings. The average molecular weight is 300 g/mol. The van der Waals surface area contributed by atoms with Gasteiger partial charge in [0, 0.05) is 4.90 Å². The van der Waals surface area contributed by atoms with Crippen LogP contribution in [0.25, 0.3) is 0 Å². The molecule has 0 saturated heterocycles. The van der Waals surface area contributed by atoms with E-state index in [1.165, 1.54) is 0 Å². The van der Waals surface area contributed by atoms with Gasteiger partial charge in [-0.05, 0) is 36.0 Å². The van der Waals surface area contributed by atoms with Gasteiger partial charge >= 0.3 is 0 Å². The Morgan fingerprint density at radius 1 is 1.05 bits per heavy atom. The van der Waals surface area contributed by atoms with E-state index in [9.17, 15) is 0 Å². The molecule has 5 heteroatoms. The van der Waals surface area contributed by atoms with E-state index in [0.29, 0.717) is 5.56 Å². The smallest absolute Gasteiger partial charge is 0.138 e. The van der Waals surface area contributed by atoms with Crippen molar-refractivity contribution in [2.45, 2.75) is 9.79 Å². The Morgan fingerprint density at radius 2 is 1.70 bits per heavy atom. The molecule has 2 rings (SSSR count). The van der Waals surface area contributed by atoms with Crippen molar-refractivity contribution < 1.29 is 4.74 Å². The lowest BCUT2D eigenvalue weighted by Gasteiger charge is -2.01. The molecule has 0 spiro atoms. The van der Waals surface area contributed by atoms with Crippen LogP contribution in [0.15, 0.2) is 58.3 Å². The third kappa shape index (κ3) is 4.89. The van der Waals surface area contributed by atoms with E-state index in [1.54, 1.807) is 19.2 Å². The van der Waals surface area contributed by atoms with E-state index in [-0.39, 0.29) is 0 Å². The number of hydrogen-bond acceptors (Lipinski definition) is 5. The molecule has 2 aromatic carbocycles. The van der Waals surface area contributed by atoms with Crippen molar-refractivity contribution in [3.63, 3.8) is 0 Å². The van der Waals surface area contributed by atoms with Crippen molar-refractivity contribution in [1.29, 1.82) is 10.5 Å². The topological polar surface area (TPSA) is 56.8 Å². The van der Waals surface area contributed by atoms with E-state index in [4.69, 9.17) is 15.3 Å². The molecule has 0 fully saturated rings. The molecular formula is C15H12N2OS2. The van der Waals surface area contributed by atoms with Crippen molar-refractivity contribution >= 4 is 24.4 Å². The van der Waals surface area contributed by atoms with Gasteiger partial charge in [0.15, 0.2) is 0 Å². The van der Waals surface area contributed by atoms with Gasteiger partial charge in [-0.15, -0.1) is 12.6 Å². The lowest BCUT2D eigenvalue weighted by Crippen LogP contribution is -1.83. The molecule has 0 amide bonds. The number of rotatable bonds is 2. The van der Waals surface area contributed by atoms with Crippen LogP contribution >= 0.6 is 24.4 Å². The quantitative estimate of drug-likeness (QED) is 0.515. The summed E-state index contributed by atoms with van der Waals surface area (Å²) in [6, 6.07) is 16.7. The second-order valence-corrected chi connectivity index (χ2v) is 4.78. The minimum absolute atomic E-state index is 0.626. The van der Waals surface area contributed by atoms with E-state index in [1.807, 2.05) is 47.9 Å². The monoisotopic (exact) mass is 300 g/mol. The standard InChI is InChI=1S/C8H7NOS.C7H5NS/c1-10-7-4-2-3-5-8(7)11-6-9;8-5-6-3-1-2-4-7(6)9/h2-5H,1H3;1-4,9H. The number of methoxy groups -OCH3 is 1. The maximum absolute atomic E-state index is 8.42. The third-order valence-electron chi connectivity index (χ3n) is 2.25. The van der Waals surface area contributed by atoms with Crippen LogP contribution in [0.5, 0.6) is 5.75 Å². The fraction of sp³-hybridized carbons (Fsp3) is 0.0667. The normalized spacial score (nSPS) is 8.60. The molecule has 0 radical (unpaired) electrons. The zero-order valence-electron chi connectivity index (χ0n) is 10.8. The number of nitriles is 2. The van der Waals surface area contributed by atoms with Crippen LogP contribution in [-0.4, -0.2) is 7.11 Å². The van der Waals surface area contributed by atoms with Crippen molar-refractivity contribution in [1.82, 2.24) is 0 Å². The first-order chi connectivity index (χ1) is 9.72. The summed E-state index contributed by atoms with van der Waals surface area (Å²) in [6.07, 6.45) is 0. The van der Waals surface area contributed by atoms with Crippen LogP contribution in [0.2, 0.25) is 0 Å². The SMILES string of the molecule is COc1ccccc1SC#N.N#Cc1ccccc1S. The maximum Gasteiger partial charge on any atom is 0.138 e. The van der Waals surface area contributed by atoms with Crippen LogP contribution in [-0.2, 0) is 0 Å². The van der Waals surface area contributed by atoms with Gasteiger partial charge in [0.1, 0.15) is 17.2 Å². The van der Waals surface area contributed by atoms with Gasteiger partial charge in [-0.1, -0.05) is 24.3 Å². The van der Waals surface area contributed by atoms with Crippen LogP contribution < -0.4 is 4.74 Å². The van der Waals surface area contributed by atoms with Crippen molar-refractivity contribution in [2.75, 3.05) is 7.11 Å². The summed E-state index contributed by atoms with van der Waals surface area (Å²) in [7, 11) is 1.59. The van der Waals surface area contributed by atoms with Crippen molar-refractivity contribution in [2.24, 2.45) is 0 Å². The number of nitrogens with zero attached hydrogens (tertiary/aromatic N) is 2. The predicted molar refractivity (Wildman–Crippen MR) is 82.9 cm³/mol. The fourth-order valence-corrected chi connectivity index (χ4v) is 2.03. The Balaban J connectivity index is 0.000000204. The van der Waals surface area contributed by atoms with Crippen LogP contribution in [0.1, 0.15) is 5.56 Å². The highest BCUT2D eigenvalue weighted by Gasteiger charge is 1.99. The Morgan fingerprint density at radius 3 is 2.25 bits per heavy atom. The Kier molecular flexibility index (Phi) is 7.13. The minimum atomic E-state index is 0.626. The second-order valence-electron chi connectivity index (χ2n) is 3.47. The molecule has 0 aromatic heterocycles. The molecule has 3 nitrogen and oxygen atoms in total. The Bertz CT molecular complexity index is 645. The molecule has 0 N–H and O–H groups in total. The first kappa shape index (κ1) is 16.0. The minimum Gasteiger partial charge on any atom is -0.496 e. The summed E-state index contributed by atoms with van der Waals surface area (Å²) in [6.45, 7) is 0. The Labute approximate surface area is 128 Å². The summed E-state index contributed by atoms with van der Waals surface area (Å²) in [4.78, 5) is 1.59. The van der Waals surface area contributed by atoms with Crippen LogP contribution in [0.3, 0.4) is 0 Å². The van der Waals surface area contributed by atoms with E-state index >= 15 is 0 Å². The summed E-state index contributed by atoms with van der Waals surface area (Å²) in [5.41, 5.74) is 0.626. The molecular weight excluding hydrogens is 288 g/mol. The van der Waals surface area contributed by atoms with Crippen molar-refractivity contribution in [3.8, 4) is 17.2 Å². The highest BCUT2D eigenvalue weighted by atomic mass is 32.2. The molecule has 0 aliphatic rings. The number of thiol groups is 1. The number of ether oxygens (including phenoxy) is 1. The molecule has 20 heavy (non-hydrogen) atoms. The molecule has 0 unspecified atom stereocenters.